The third kappa shape index (κ3) is 9.42. The van der Waals surface area contributed by atoms with Crippen molar-refractivity contribution in [3.63, 3.8) is 0 Å². The zero-order valence-corrected chi connectivity index (χ0v) is 29.9. The minimum atomic E-state index is -4.35. The summed E-state index contributed by atoms with van der Waals surface area (Å²) in [6.07, 6.45) is 0.833. The van der Waals surface area contributed by atoms with E-state index in [2.05, 4.69) is 5.32 Å². The van der Waals surface area contributed by atoms with Gasteiger partial charge in [0.1, 0.15) is 12.6 Å². The fourth-order valence-electron chi connectivity index (χ4n) is 4.86. The number of amides is 2. The molecule has 1 N–H and O–H groups in total. The van der Waals surface area contributed by atoms with E-state index < -0.39 is 28.5 Å². The van der Waals surface area contributed by atoms with Gasteiger partial charge in [0.2, 0.25) is 11.8 Å². The summed E-state index contributed by atoms with van der Waals surface area (Å²) in [4.78, 5) is 29.9. The van der Waals surface area contributed by atoms with Crippen LogP contribution in [0.4, 0.5) is 5.69 Å². The molecule has 0 fully saturated rings. The summed E-state index contributed by atoms with van der Waals surface area (Å²) in [5.41, 5.74) is 2.28. The van der Waals surface area contributed by atoms with E-state index >= 15 is 0 Å². The quantitative estimate of drug-likeness (QED) is 0.150. The van der Waals surface area contributed by atoms with Crippen LogP contribution in [0.25, 0.3) is 0 Å². The van der Waals surface area contributed by atoms with Crippen molar-refractivity contribution < 1.29 is 18.0 Å². The Kier molecular flexibility index (Phi) is 12.6. The first-order valence-electron chi connectivity index (χ1n) is 14.9. The highest BCUT2D eigenvalue weighted by Crippen LogP contribution is 2.34. The number of nitrogens with one attached hydrogen (secondary N) is 1. The van der Waals surface area contributed by atoms with E-state index in [4.69, 9.17) is 46.4 Å². The van der Waals surface area contributed by atoms with Crippen molar-refractivity contribution in [1.29, 1.82) is 0 Å². The van der Waals surface area contributed by atoms with Gasteiger partial charge in [-0.05, 0) is 73.9 Å². The normalized spacial score (nSPS) is 12.7. The molecule has 4 rings (SSSR count). The van der Waals surface area contributed by atoms with Gasteiger partial charge in [-0.15, -0.1) is 0 Å². The topological polar surface area (TPSA) is 86.8 Å². The summed E-state index contributed by atoms with van der Waals surface area (Å²) in [6, 6.07) is 23.7. The molecule has 2 atom stereocenters. The van der Waals surface area contributed by atoms with E-state index in [0.717, 1.165) is 15.4 Å². The first-order valence-corrected chi connectivity index (χ1v) is 17.9. The Morgan fingerprint density at radius 1 is 0.809 bits per heavy atom. The molecular weight excluding hydrogens is 700 g/mol. The van der Waals surface area contributed by atoms with Gasteiger partial charge in [-0.25, -0.2) is 8.42 Å². The second kappa shape index (κ2) is 16.2. The first-order chi connectivity index (χ1) is 22.3. The summed E-state index contributed by atoms with van der Waals surface area (Å²) in [5, 5.41) is 3.90. The molecule has 4 aromatic carbocycles. The second-order valence-corrected chi connectivity index (χ2v) is 14.7. The monoisotopic (exact) mass is 733 g/mol. The Hall–Kier alpha value is -3.27. The standard InChI is InChI=1S/C35H35Cl4N3O4S/c1-4-24(3)40-35(44)33(19-25-8-6-5-7-9-25)41(21-26-12-16-29(37)31(39)18-26)34(43)22-42(32-20-27(36)13-17-30(32)38)47(45,46)28-14-10-23(2)11-15-28/h5-18,20,24,33H,4,19,21-22H2,1-3H3,(H,40,44)/t24-,33-/m0/s1. The van der Waals surface area contributed by atoms with Crippen LogP contribution in [0.15, 0.2) is 95.9 Å². The predicted molar refractivity (Wildman–Crippen MR) is 191 cm³/mol. The number of nitrogens with zero attached hydrogens (tertiary/aromatic N) is 2. The van der Waals surface area contributed by atoms with Crippen LogP contribution in [0.1, 0.15) is 37.0 Å². The van der Waals surface area contributed by atoms with E-state index in [-0.39, 0.29) is 50.6 Å². The van der Waals surface area contributed by atoms with Gasteiger partial charge in [0, 0.05) is 24.0 Å². The number of carbonyl (C=O) groups is 2. The van der Waals surface area contributed by atoms with Crippen LogP contribution in [0.5, 0.6) is 0 Å². The Morgan fingerprint density at radius 3 is 2.11 bits per heavy atom. The number of rotatable bonds is 13. The Morgan fingerprint density at radius 2 is 1.47 bits per heavy atom. The number of halogens is 4. The Labute approximate surface area is 296 Å². The second-order valence-electron chi connectivity index (χ2n) is 11.2. The SMILES string of the molecule is CC[C@H](C)NC(=O)[C@H](Cc1ccccc1)N(Cc1ccc(Cl)c(Cl)c1)C(=O)CN(c1cc(Cl)ccc1Cl)S(=O)(=O)c1ccc(C)cc1. The molecule has 4 aromatic rings. The van der Waals surface area contributed by atoms with Crippen molar-refractivity contribution in [2.75, 3.05) is 10.8 Å². The van der Waals surface area contributed by atoms with Crippen molar-refractivity contribution in [3.05, 3.63) is 128 Å². The Bertz CT molecular complexity index is 1820. The maximum Gasteiger partial charge on any atom is 0.264 e. The lowest BCUT2D eigenvalue weighted by atomic mass is 10.0. The minimum absolute atomic E-state index is 0.0197. The van der Waals surface area contributed by atoms with Gasteiger partial charge >= 0.3 is 0 Å². The molecule has 0 saturated heterocycles. The smallest absolute Gasteiger partial charge is 0.264 e. The molecule has 47 heavy (non-hydrogen) atoms. The zero-order valence-electron chi connectivity index (χ0n) is 26.1. The molecule has 0 spiro atoms. The molecule has 0 heterocycles. The van der Waals surface area contributed by atoms with Gasteiger partial charge in [0.25, 0.3) is 10.0 Å². The largest absolute Gasteiger partial charge is 0.352 e. The minimum Gasteiger partial charge on any atom is -0.352 e. The van der Waals surface area contributed by atoms with Gasteiger partial charge in [-0.3, -0.25) is 13.9 Å². The van der Waals surface area contributed by atoms with Gasteiger partial charge < -0.3 is 10.2 Å². The molecule has 0 aromatic heterocycles. The lowest BCUT2D eigenvalue weighted by molar-refractivity contribution is -0.140. The van der Waals surface area contributed by atoms with Crippen LogP contribution in [-0.2, 0) is 32.6 Å². The average Bonchev–Trinajstić information content (AvgIpc) is 3.04. The lowest BCUT2D eigenvalue weighted by Gasteiger charge is -2.34. The fraction of sp³-hybridized carbons (Fsp3) is 0.257. The number of hydrogen-bond acceptors (Lipinski definition) is 4. The molecule has 0 aliphatic carbocycles. The zero-order chi connectivity index (χ0) is 34.3. The maximum absolute atomic E-state index is 14.6. The van der Waals surface area contributed by atoms with E-state index in [1.807, 2.05) is 51.1 Å². The maximum atomic E-state index is 14.6. The summed E-state index contributed by atoms with van der Waals surface area (Å²) in [7, 11) is -4.35. The number of anilines is 1. The highest BCUT2D eigenvalue weighted by molar-refractivity contribution is 7.92. The fourth-order valence-corrected chi connectivity index (χ4v) is 7.04. The number of benzene rings is 4. The summed E-state index contributed by atoms with van der Waals surface area (Å²) < 4.78 is 29.4. The van der Waals surface area contributed by atoms with Crippen LogP contribution in [0, 0.1) is 6.92 Å². The molecule has 0 saturated carbocycles. The van der Waals surface area contributed by atoms with Crippen molar-refractivity contribution in [1.82, 2.24) is 10.2 Å². The molecule has 0 aliphatic heterocycles. The lowest BCUT2D eigenvalue weighted by Crippen LogP contribution is -2.54. The molecule has 0 radical (unpaired) electrons. The molecule has 0 unspecified atom stereocenters. The van der Waals surface area contributed by atoms with Crippen LogP contribution in [0.3, 0.4) is 0 Å². The molecule has 0 bridgehead atoms. The molecule has 2 amide bonds. The van der Waals surface area contributed by atoms with Crippen LogP contribution in [-0.4, -0.2) is 43.8 Å². The van der Waals surface area contributed by atoms with E-state index in [1.165, 1.54) is 35.2 Å². The Balaban J connectivity index is 1.85. The van der Waals surface area contributed by atoms with Crippen molar-refractivity contribution in [2.24, 2.45) is 0 Å². The van der Waals surface area contributed by atoms with E-state index in [9.17, 15) is 18.0 Å². The number of hydrogen-bond donors (Lipinski definition) is 1. The van der Waals surface area contributed by atoms with Gasteiger partial charge in [-0.1, -0.05) is 107 Å². The summed E-state index contributed by atoms with van der Waals surface area (Å²) >= 11 is 25.4. The van der Waals surface area contributed by atoms with Crippen molar-refractivity contribution in [2.45, 2.75) is 57.1 Å². The third-order valence-corrected chi connectivity index (χ3v) is 10.7. The van der Waals surface area contributed by atoms with Gasteiger partial charge in [0.05, 0.1) is 25.7 Å². The van der Waals surface area contributed by atoms with E-state index in [1.54, 1.807) is 30.3 Å². The number of carbonyl (C=O) groups excluding carboxylic acids is 2. The van der Waals surface area contributed by atoms with Gasteiger partial charge in [0.15, 0.2) is 0 Å². The summed E-state index contributed by atoms with van der Waals surface area (Å²) in [5.74, 6) is -1.03. The number of sulfonamides is 1. The molecule has 7 nitrogen and oxygen atoms in total. The molecule has 0 aliphatic rings. The van der Waals surface area contributed by atoms with Crippen molar-refractivity contribution in [3.8, 4) is 0 Å². The highest BCUT2D eigenvalue weighted by Gasteiger charge is 2.35. The van der Waals surface area contributed by atoms with Crippen LogP contribution < -0.4 is 9.62 Å². The predicted octanol–water partition coefficient (Wildman–Crippen LogP) is 8.36. The third-order valence-electron chi connectivity index (χ3n) is 7.67. The van der Waals surface area contributed by atoms with Crippen LogP contribution >= 0.6 is 46.4 Å². The van der Waals surface area contributed by atoms with Crippen molar-refractivity contribution >= 4 is 73.9 Å². The number of aryl methyl sites for hydroxylation is 1. The molecule has 248 valence electrons. The van der Waals surface area contributed by atoms with Gasteiger partial charge in [-0.2, -0.15) is 0 Å². The molecular formula is C35H35Cl4N3O4S. The highest BCUT2D eigenvalue weighted by atomic mass is 35.5. The first kappa shape index (κ1) is 36.6. The average molecular weight is 736 g/mol. The summed E-state index contributed by atoms with van der Waals surface area (Å²) in [6.45, 7) is 4.91. The van der Waals surface area contributed by atoms with E-state index in [0.29, 0.717) is 17.0 Å². The van der Waals surface area contributed by atoms with Crippen LogP contribution in [0.2, 0.25) is 20.1 Å². The molecule has 12 heteroatoms.